The maximum atomic E-state index is 9.28. The molecule has 0 bridgehead atoms. The monoisotopic (exact) mass is 179 g/mol. The van der Waals surface area contributed by atoms with Gasteiger partial charge >= 0.3 is 0 Å². The SMILES string of the molecule is OC[C@@H](O)[C@@H]1NOC[C@H](O)[C@@H]1O. The van der Waals surface area contributed by atoms with Crippen molar-refractivity contribution in [3.8, 4) is 0 Å². The van der Waals surface area contributed by atoms with Crippen LogP contribution in [0, 0.1) is 0 Å². The van der Waals surface area contributed by atoms with Gasteiger partial charge in [0.25, 0.3) is 0 Å². The van der Waals surface area contributed by atoms with Crippen LogP contribution in [0.2, 0.25) is 0 Å². The summed E-state index contributed by atoms with van der Waals surface area (Å²) in [7, 11) is 0. The van der Waals surface area contributed by atoms with Crippen LogP contribution < -0.4 is 5.48 Å². The summed E-state index contributed by atoms with van der Waals surface area (Å²) >= 11 is 0. The number of aliphatic hydroxyl groups excluding tert-OH is 4. The molecule has 5 N–H and O–H groups in total. The van der Waals surface area contributed by atoms with Crippen molar-refractivity contribution in [2.75, 3.05) is 13.2 Å². The van der Waals surface area contributed by atoms with Gasteiger partial charge in [-0.1, -0.05) is 0 Å². The second-order valence-corrected chi connectivity index (χ2v) is 2.76. The van der Waals surface area contributed by atoms with E-state index in [9.17, 15) is 5.11 Å². The average molecular weight is 179 g/mol. The van der Waals surface area contributed by atoms with E-state index in [0.717, 1.165) is 0 Å². The van der Waals surface area contributed by atoms with E-state index in [1.165, 1.54) is 0 Å². The van der Waals surface area contributed by atoms with E-state index in [0.29, 0.717) is 0 Å². The molecule has 0 aromatic heterocycles. The van der Waals surface area contributed by atoms with Crippen molar-refractivity contribution in [2.24, 2.45) is 0 Å². The average Bonchev–Trinajstić information content (AvgIpc) is 2.08. The predicted octanol–water partition coefficient (Wildman–Crippen LogP) is -3.04. The maximum Gasteiger partial charge on any atom is 0.107 e. The molecule has 1 aliphatic heterocycles. The summed E-state index contributed by atoms with van der Waals surface area (Å²) in [5.41, 5.74) is 2.33. The third-order valence-corrected chi connectivity index (χ3v) is 1.84. The smallest absolute Gasteiger partial charge is 0.107 e. The maximum absolute atomic E-state index is 9.28. The largest absolute Gasteiger partial charge is 0.394 e. The molecule has 1 aliphatic rings. The minimum Gasteiger partial charge on any atom is -0.394 e. The third kappa shape index (κ3) is 1.92. The van der Waals surface area contributed by atoms with Gasteiger partial charge in [-0.2, -0.15) is 5.48 Å². The summed E-state index contributed by atoms with van der Waals surface area (Å²) < 4.78 is 0. The first-order valence-electron chi connectivity index (χ1n) is 3.69. The van der Waals surface area contributed by atoms with Crippen molar-refractivity contribution in [1.82, 2.24) is 5.48 Å². The number of hydroxylamine groups is 1. The standard InChI is InChI=1S/C6H13NO5/c8-1-3(9)5-6(11)4(10)2-12-7-5/h3-11H,1-2H2/t3-,4+,5+,6+/m1/s1. The highest BCUT2D eigenvalue weighted by atomic mass is 16.7. The molecule has 1 rings (SSSR count). The van der Waals surface area contributed by atoms with Gasteiger partial charge in [-0.15, -0.1) is 0 Å². The summed E-state index contributed by atoms with van der Waals surface area (Å²) in [5, 5.41) is 36.0. The zero-order valence-corrected chi connectivity index (χ0v) is 6.42. The number of rotatable bonds is 2. The lowest BCUT2D eigenvalue weighted by Crippen LogP contribution is -2.59. The van der Waals surface area contributed by atoms with Gasteiger partial charge in [0.05, 0.1) is 25.4 Å². The molecule has 0 aromatic rings. The highest BCUT2D eigenvalue weighted by molar-refractivity contribution is 4.87. The van der Waals surface area contributed by atoms with E-state index in [1.807, 2.05) is 0 Å². The molecule has 72 valence electrons. The summed E-state index contributed by atoms with van der Waals surface area (Å²) in [5.74, 6) is 0. The first kappa shape index (κ1) is 9.85. The van der Waals surface area contributed by atoms with Gasteiger partial charge in [0.15, 0.2) is 0 Å². The topological polar surface area (TPSA) is 102 Å². The predicted molar refractivity (Wildman–Crippen MR) is 38.0 cm³/mol. The molecular weight excluding hydrogens is 166 g/mol. The highest BCUT2D eigenvalue weighted by Gasteiger charge is 2.35. The Balaban J connectivity index is 2.51. The van der Waals surface area contributed by atoms with Crippen molar-refractivity contribution in [3.63, 3.8) is 0 Å². The van der Waals surface area contributed by atoms with E-state index in [2.05, 4.69) is 10.3 Å². The van der Waals surface area contributed by atoms with E-state index >= 15 is 0 Å². The molecule has 4 atom stereocenters. The summed E-state index contributed by atoms with van der Waals surface area (Å²) in [6, 6.07) is -0.848. The fraction of sp³-hybridized carbons (Fsp3) is 1.00. The molecule has 0 unspecified atom stereocenters. The minimum absolute atomic E-state index is 0.0319. The van der Waals surface area contributed by atoms with Crippen molar-refractivity contribution in [3.05, 3.63) is 0 Å². The fourth-order valence-electron chi connectivity index (χ4n) is 1.06. The number of nitrogens with one attached hydrogen (secondary N) is 1. The van der Waals surface area contributed by atoms with E-state index in [4.69, 9.17) is 15.3 Å². The van der Waals surface area contributed by atoms with E-state index in [-0.39, 0.29) is 6.61 Å². The second kappa shape index (κ2) is 4.13. The van der Waals surface area contributed by atoms with Crippen LogP contribution in [-0.2, 0) is 4.84 Å². The molecule has 0 amide bonds. The Labute approximate surface area is 69.4 Å². The van der Waals surface area contributed by atoms with E-state index in [1.54, 1.807) is 0 Å². The third-order valence-electron chi connectivity index (χ3n) is 1.84. The second-order valence-electron chi connectivity index (χ2n) is 2.76. The Bertz CT molecular complexity index is 144. The zero-order chi connectivity index (χ0) is 9.14. The Morgan fingerprint density at radius 1 is 1.50 bits per heavy atom. The Morgan fingerprint density at radius 3 is 2.75 bits per heavy atom. The molecule has 1 saturated heterocycles. The molecule has 0 spiro atoms. The number of hydrogen-bond acceptors (Lipinski definition) is 6. The lowest BCUT2D eigenvalue weighted by atomic mass is 10.0. The summed E-state index contributed by atoms with van der Waals surface area (Å²) in [4.78, 5) is 4.66. The molecule has 6 nitrogen and oxygen atoms in total. The van der Waals surface area contributed by atoms with Crippen LogP contribution in [-0.4, -0.2) is 58.0 Å². The van der Waals surface area contributed by atoms with Crippen LogP contribution in [0.3, 0.4) is 0 Å². The van der Waals surface area contributed by atoms with Crippen LogP contribution >= 0.6 is 0 Å². The molecule has 12 heavy (non-hydrogen) atoms. The molecule has 1 fully saturated rings. The van der Waals surface area contributed by atoms with E-state index < -0.39 is 31.0 Å². The molecule has 0 aromatic carbocycles. The Hall–Kier alpha value is -0.240. The van der Waals surface area contributed by atoms with Gasteiger partial charge in [-0.25, -0.2) is 0 Å². The lowest BCUT2D eigenvalue weighted by Gasteiger charge is -2.34. The molecular formula is C6H13NO5. The number of hydrogen-bond donors (Lipinski definition) is 5. The van der Waals surface area contributed by atoms with Gasteiger partial charge in [-0.05, 0) is 0 Å². The van der Waals surface area contributed by atoms with Crippen molar-refractivity contribution in [1.29, 1.82) is 0 Å². The molecule has 1 heterocycles. The molecule has 0 saturated carbocycles. The van der Waals surface area contributed by atoms with Gasteiger partial charge < -0.3 is 20.4 Å². The van der Waals surface area contributed by atoms with Gasteiger partial charge in [0.2, 0.25) is 0 Å². The molecule has 6 heteroatoms. The quantitative estimate of drug-likeness (QED) is 0.309. The van der Waals surface area contributed by atoms with Crippen molar-refractivity contribution in [2.45, 2.75) is 24.4 Å². The van der Waals surface area contributed by atoms with Crippen LogP contribution in [0.15, 0.2) is 0 Å². The summed E-state index contributed by atoms with van der Waals surface area (Å²) in [6.45, 7) is -0.527. The van der Waals surface area contributed by atoms with Crippen LogP contribution in [0.25, 0.3) is 0 Å². The Morgan fingerprint density at radius 2 is 2.17 bits per heavy atom. The zero-order valence-electron chi connectivity index (χ0n) is 6.42. The number of aliphatic hydroxyl groups is 4. The van der Waals surface area contributed by atoms with Crippen LogP contribution in [0.4, 0.5) is 0 Å². The van der Waals surface area contributed by atoms with Crippen molar-refractivity contribution < 1.29 is 25.3 Å². The molecule has 0 radical (unpaired) electrons. The first-order chi connectivity index (χ1) is 5.66. The normalized spacial score (nSPS) is 39.5. The van der Waals surface area contributed by atoms with Gasteiger partial charge in [0, 0.05) is 0 Å². The first-order valence-corrected chi connectivity index (χ1v) is 3.69. The van der Waals surface area contributed by atoms with Gasteiger partial charge in [0.1, 0.15) is 12.2 Å². The lowest BCUT2D eigenvalue weighted by molar-refractivity contribution is -0.172. The Kier molecular flexibility index (Phi) is 3.39. The highest BCUT2D eigenvalue weighted by Crippen LogP contribution is 2.09. The van der Waals surface area contributed by atoms with Gasteiger partial charge in [-0.3, -0.25) is 4.84 Å². The van der Waals surface area contributed by atoms with Crippen molar-refractivity contribution >= 4 is 0 Å². The molecule has 0 aliphatic carbocycles. The fourth-order valence-corrected chi connectivity index (χ4v) is 1.06. The summed E-state index contributed by atoms with van der Waals surface area (Å²) in [6.07, 6.45) is -3.30. The minimum atomic E-state index is -1.14. The van der Waals surface area contributed by atoms with Crippen LogP contribution in [0.1, 0.15) is 0 Å². The van der Waals surface area contributed by atoms with Crippen LogP contribution in [0.5, 0.6) is 0 Å².